The average molecular weight is 446 g/mol. The number of phenols is 1. The number of aromatic hydroxyl groups is 1. The Morgan fingerprint density at radius 1 is 0.903 bits per heavy atom. The molecule has 0 unspecified atom stereocenters. The molecule has 1 saturated heterocycles. The normalized spacial score (nSPS) is 19.4. The lowest BCUT2D eigenvalue weighted by Gasteiger charge is -2.17. The van der Waals surface area contributed by atoms with Crippen LogP contribution >= 0.6 is 23.5 Å². The number of rotatable bonds is 2. The van der Waals surface area contributed by atoms with Gasteiger partial charge < -0.3 is 10.0 Å². The number of thioether (sulfide) groups is 2. The van der Waals surface area contributed by atoms with Crippen LogP contribution in [0.4, 0.5) is 17.1 Å². The number of carbonyl (C=O) groups is 1. The van der Waals surface area contributed by atoms with E-state index in [1.165, 1.54) is 11.8 Å². The molecule has 2 aliphatic rings. The number of hydrogen-bond donors (Lipinski definition) is 1. The Labute approximate surface area is 189 Å². The van der Waals surface area contributed by atoms with E-state index in [2.05, 4.69) is 17.0 Å². The summed E-state index contributed by atoms with van der Waals surface area (Å²) >= 11 is 2.98. The van der Waals surface area contributed by atoms with Gasteiger partial charge >= 0.3 is 0 Å². The molecule has 0 radical (unpaired) electrons. The molecule has 0 atom stereocenters. The number of benzene rings is 3. The van der Waals surface area contributed by atoms with Crippen molar-refractivity contribution in [1.29, 1.82) is 0 Å². The summed E-state index contributed by atoms with van der Waals surface area (Å²) in [5.41, 5.74) is 3.69. The zero-order valence-electron chi connectivity index (χ0n) is 16.9. The average Bonchev–Trinajstić information content (AvgIpc) is 3.27. The number of anilines is 2. The van der Waals surface area contributed by atoms with Crippen molar-refractivity contribution in [3.05, 3.63) is 88.3 Å². The summed E-state index contributed by atoms with van der Waals surface area (Å²) in [5, 5.41) is 11.2. The summed E-state index contributed by atoms with van der Waals surface area (Å²) < 4.78 is 0. The molecule has 2 aliphatic heterocycles. The van der Waals surface area contributed by atoms with Gasteiger partial charge in [0.15, 0.2) is 5.17 Å². The molecular formula is C24H19N3O2S2. The van der Waals surface area contributed by atoms with E-state index in [0.717, 1.165) is 26.9 Å². The maximum absolute atomic E-state index is 13.6. The van der Waals surface area contributed by atoms with Gasteiger partial charge in [-0.15, -0.1) is 0 Å². The lowest BCUT2D eigenvalue weighted by atomic mass is 10.2. The highest BCUT2D eigenvalue weighted by atomic mass is 32.2. The zero-order valence-corrected chi connectivity index (χ0v) is 18.6. The Kier molecular flexibility index (Phi) is 5.00. The van der Waals surface area contributed by atoms with Gasteiger partial charge in [-0.25, -0.2) is 4.99 Å². The van der Waals surface area contributed by atoms with Gasteiger partial charge in [-0.1, -0.05) is 41.6 Å². The molecular weight excluding hydrogens is 426 g/mol. The topological polar surface area (TPSA) is 56.1 Å². The number of fused-ring (bicyclic) bond motifs is 1. The van der Waals surface area contributed by atoms with Crippen molar-refractivity contribution in [2.45, 2.75) is 11.8 Å². The molecule has 0 aromatic heterocycles. The van der Waals surface area contributed by atoms with Gasteiger partial charge in [-0.2, -0.15) is 0 Å². The summed E-state index contributed by atoms with van der Waals surface area (Å²) in [6.45, 7) is 2.03. The van der Waals surface area contributed by atoms with Crippen molar-refractivity contribution in [2.75, 3.05) is 16.8 Å². The quantitative estimate of drug-likeness (QED) is 0.499. The molecule has 5 rings (SSSR count). The first-order valence-electron chi connectivity index (χ1n) is 9.73. The van der Waals surface area contributed by atoms with Crippen LogP contribution in [0.3, 0.4) is 0 Å². The number of carbonyl (C=O) groups excluding carboxylic acids is 1. The Morgan fingerprint density at radius 3 is 2.32 bits per heavy atom. The van der Waals surface area contributed by atoms with Gasteiger partial charge in [0, 0.05) is 11.9 Å². The van der Waals surface area contributed by atoms with Crippen LogP contribution in [0.15, 0.2) is 92.6 Å². The van der Waals surface area contributed by atoms with Gasteiger partial charge in [0.25, 0.3) is 5.91 Å². The van der Waals surface area contributed by atoms with E-state index in [9.17, 15) is 9.90 Å². The van der Waals surface area contributed by atoms with Gasteiger partial charge in [-0.05, 0) is 67.2 Å². The second-order valence-electron chi connectivity index (χ2n) is 7.25. The molecule has 3 aromatic rings. The summed E-state index contributed by atoms with van der Waals surface area (Å²) in [6.07, 6.45) is 0. The number of aliphatic imine (C=N–C) groups is 1. The van der Waals surface area contributed by atoms with Crippen molar-refractivity contribution < 1.29 is 9.90 Å². The largest absolute Gasteiger partial charge is 0.508 e. The summed E-state index contributed by atoms with van der Waals surface area (Å²) in [5.74, 6) is 0.0314. The zero-order chi connectivity index (χ0) is 21.5. The minimum Gasteiger partial charge on any atom is -0.508 e. The predicted octanol–water partition coefficient (Wildman–Crippen LogP) is 5.88. The summed E-state index contributed by atoms with van der Waals surface area (Å²) in [6, 6.07) is 22.6. The molecule has 0 aliphatic carbocycles. The van der Waals surface area contributed by atoms with Crippen molar-refractivity contribution in [3.8, 4) is 5.75 Å². The molecule has 154 valence electrons. The fourth-order valence-electron chi connectivity index (χ4n) is 3.44. The van der Waals surface area contributed by atoms with E-state index >= 15 is 0 Å². The number of amides is 1. The van der Waals surface area contributed by atoms with Crippen molar-refractivity contribution in [2.24, 2.45) is 4.99 Å². The van der Waals surface area contributed by atoms with Crippen LogP contribution in [0.1, 0.15) is 5.56 Å². The molecule has 7 heteroatoms. The fourth-order valence-corrected chi connectivity index (χ4v) is 5.78. The maximum atomic E-state index is 13.6. The molecule has 2 heterocycles. The van der Waals surface area contributed by atoms with Crippen LogP contribution in [0, 0.1) is 6.92 Å². The van der Waals surface area contributed by atoms with Crippen LogP contribution in [0.2, 0.25) is 0 Å². The maximum Gasteiger partial charge on any atom is 0.274 e. The second kappa shape index (κ2) is 7.83. The highest BCUT2D eigenvalue weighted by molar-refractivity contribution is 8.20. The number of hydrogen-bond acceptors (Lipinski definition) is 6. The van der Waals surface area contributed by atoms with Crippen LogP contribution in [0.5, 0.6) is 5.75 Å². The lowest BCUT2D eigenvalue weighted by molar-refractivity contribution is -0.113. The number of nitrogens with zero attached hydrogens (tertiary/aromatic N) is 3. The highest BCUT2D eigenvalue weighted by Crippen LogP contribution is 2.50. The predicted molar refractivity (Wildman–Crippen MR) is 129 cm³/mol. The van der Waals surface area contributed by atoms with Crippen molar-refractivity contribution in [3.63, 3.8) is 0 Å². The summed E-state index contributed by atoms with van der Waals surface area (Å²) in [7, 11) is 1.98. The molecule has 0 saturated carbocycles. The minimum atomic E-state index is -0.122. The van der Waals surface area contributed by atoms with Gasteiger partial charge in [0.2, 0.25) is 0 Å². The van der Waals surface area contributed by atoms with Crippen LogP contribution in [0.25, 0.3) is 0 Å². The first kappa shape index (κ1) is 19.8. The minimum absolute atomic E-state index is 0.122. The Hall–Kier alpha value is -3.16. The molecule has 0 spiro atoms. The second-order valence-corrected chi connectivity index (χ2v) is 9.26. The van der Waals surface area contributed by atoms with Crippen LogP contribution in [-0.2, 0) is 4.79 Å². The van der Waals surface area contributed by atoms with Crippen molar-refractivity contribution in [1.82, 2.24) is 0 Å². The van der Waals surface area contributed by atoms with Gasteiger partial charge in [0.05, 0.1) is 22.1 Å². The molecule has 3 aromatic carbocycles. The third-order valence-electron chi connectivity index (χ3n) is 5.08. The first-order valence-corrected chi connectivity index (χ1v) is 11.4. The van der Waals surface area contributed by atoms with Crippen LogP contribution < -0.4 is 9.80 Å². The number of aryl methyl sites for hydroxylation is 1. The van der Waals surface area contributed by atoms with E-state index in [1.807, 2.05) is 50.4 Å². The Balaban J connectivity index is 1.61. The standard InChI is InChI=1S/C24H19N3O2S2/c1-15-7-9-16(10-8-15)25-24-27(17-11-13-18(28)14-12-17)22(29)21(31-24)23-26(2)19-5-3-4-6-20(19)30-23/h3-14,28H,1-2H3. The Bertz CT molecular complexity index is 1230. The molecule has 1 fully saturated rings. The Morgan fingerprint density at radius 2 is 1.61 bits per heavy atom. The number of phenolic OH excluding ortho intramolecular Hbond substituents is 1. The SMILES string of the molecule is Cc1ccc(N=C2SC(=C3Sc4ccccc4N3C)C(=O)N2c2ccc(O)cc2)cc1. The van der Waals surface area contributed by atoms with Gasteiger partial charge in [-0.3, -0.25) is 9.69 Å². The first-order chi connectivity index (χ1) is 15.0. The third-order valence-corrected chi connectivity index (χ3v) is 7.47. The molecule has 5 nitrogen and oxygen atoms in total. The molecule has 31 heavy (non-hydrogen) atoms. The molecule has 0 bridgehead atoms. The third kappa shape index (κ3) is 3.60. The molecule has 1 amide bonds. The van der Waals surface area contributed by atoms with E-state index in [-0.39, 0.29) is 11.7 Å². The molecule has 1 N–H and O–H groups in total. The van der Waals surface area contributed by atoms with Gasteiger partial charge in [0.1, 0.15) is 10.7 Å². The van der Waals surface area contributed by atoms with E-state index in [4.69, 9.17) is 4.99 Å². The fraction of sp³-hybridized carbons (Fsp3) is 0.0833. The van der Waals surface area contributed by atoms with Crippen molar-refractivity contribution >= 4 is 51.7 Å². The smallest absolute Gasteiger partial charge is 0.274 e. The van der Waals surface area contributed by atoms with E-state index in [0.29, 0.717) is 15.8 Å². The number of para-hydroxylation sites is 1. The summed E-state index contributed by atoms with van der Waals surface area (Å²) in [4.78, 5) is 23.8. The highest BCUT2D eigenvalue weighted by Gasteiger charge is 2.40. The van der Waals surface area contributed by atoms with E-state index < -0.39 is 0 Å². The number of amidine groups is 1. The van der Waals surface area contributed by atoms with Crippen LogP contribution in [-0.4, -0.2) is 23.2 Å². The van der Waals surface area contributed by atoms with E-state index in [1.54, 1.807) is 40.9 Å². The lowest BCUT2D eigenvalue weighted by Crippen LogP contribution is -2.29. The monoisotopic (exact) mass is 445 g/mol.